The molecule has 0 saturated heterocycles. The van der Waals surface area contributed by atoms with Crippen LogP contribution in [0, 0.1) is 0 Å². The summed E-state index contributed by atoms with van der Waals surface area (Å²) < 4.78 is 5.14. The zero-order valence-electron chi connectivity index (χ0n) is 9.51. The van der Waals surface area contributed by atoms with Crippen LogP contribution in [0.2, 0.25) is 5.15 Å². The van der Waals surface area contributed by atoms with Crippen molar-refractivity contribution >= 4 is 11.6 Å². The Morgan fingerprint density at radius 3 is 2.71 bits per heavy atom. The lowest BCUT2D eigenvalue weighted by Crippen LogP contribution is -1.99. The number of nitrogens with zero attached hydrogens (tertiary/aromatic N) is 4. The van der Waals surface area contributed by atoms with Gasteiger partial charge < -0.3 is 4.74 Å². The predicted molar refractivity (Wildman–Crippen MR) is 64.0 cm³/mol. The molecule has 2 aromatic rings. The van der Waals surface area contributed by atoms with Crippen molar-refractivity contribution in [2.75, 3.05) is 7.11 Å². The summed E-state index contributed by atoms with van der Waals surface area (Å²) in [6.07, 6.45) is 3.85. The van der Waals surface area contributed by atoms with Gasteiger partial charge in [-0.15, -0.1) is 0 Å². The average molecular weight is 251 g/mol. The van der Waals surface area contributed by atoms with E-state index < -0.39 is 0 Å². The quantitative estimate of drug-likeness (QED) is 0.782. The summed E-state index contributed by atoms with van der Waals surface area (Å²) in [5, 5.41) is 0.388. The lowest BCUT2D eigenvalue weighted by Gasteiger charge is -2.06. The minimum absolute atomic E-state index is 0.388. The van der Waals surface area contributed by atoms with E-state index >= 15 is 0 Å². The van der Waals surface area contributed by atoms with Crippen LogP contribution in [0.1, 0.15) is 12.7 Å². The van der Waals surface area contributed by atoms with Crippen molar-refractivity contribution in [2.24, 2.45) is 0 Å². The summed E-state index contributed by atoms with van der Waals surface area (Å²) in [6, 6.07) is 1.65. The SMILES string of the molecule is CCc1nc(Cl)cc(-c2nccnc2OC)n1. The van der Waals surface area contributed by atoms with E-state index in [-0.39, 0.29) is 0 Å². The molecule has 0 aliphatic rings. The maximum atomic E-state index is 5.93. The molecule has 0 aromatic carbocycles. The topological polar surface area (TPSA) is 60.8 Å². The van der Waals surface area contributed by atoms with E-state index in [0.29, 0.717) is 34.7 Å². The maximum Gasteiger partial charge on any atom is 0.241 e. The molecule has 6 heteroatoms. The first-order chi connectivity index (χ1) is 8.24. The standard InChI is InChI=1S/C11H11ClN4O/c1-3-9-15-7(6-8(12)16-9)10-11(17-2)14-5-4-13-10/h4-6H,3H2,1-2H3. The third kappa shape index (κ3) is 2.50. The van der Waals surface area contributed by atoms with Gasteiger partial charge in [0.1, 0.15) is 11.0 Å². The minimum atomic E-state index is 0.388. The van der Waals surface area contributed by atoms with Crippen LogP contribution >= 0.6 is 11.6 Å². The zero-order valence-corrected chi connectivity index (χ0v) is 10.3. The largest absolute Gasteiger partial charge is 0.479 e. The Hall–Kier alpha value is -1.75. The van der Waals surface area contributed by atoms with Crippen molar-refractivity contribution < 1.29 is 4.74 Å². The van der Waals surface area contributed by atoms with E-state index in [2.05, 4.69) is 19.9 Å². The summed E-state index contributed by atoms with van der Waals surface area (Å²) in [7, 11) is 1.54. The number of methoxy groups -OCH3 is 1. The molecule has 0 radical (unpaired) electrons. The molecular formula is C11H11ClN4O. The minimum Gasteiger partial charge on any atom is -0.479 e. The summed E-state index contributed by atoms with van der Waals surface area (Å²) in [5.74, 6) is 1.09. The van der Waals surface area contributed by atoms with E-state index in [1.807, 2.05) is 6.92 Å². The molecule has 0 unspecified atom stereocenters. The second kappa shape index (κ2) is 5.05. The Kier molecular flexibility index (Phi) is 3.49. The monoisotopic (exact) mass is 250 g/mol. The van der Waals surface area contributed by atoms with Crippen LogP contribution in [0.3, 0.4) is 0 Å². The molecule has 0 N–H and O–H groups in total. The van der Waals surface area contributed by atoms with Gasteiger partial charge in [-0.05, 0) is 0 Å². The molecule has 88 valence electrons. The highest BCUT2D eigenvalue weighted by atomic mass is 35.5. The van der Waals surface area contributed by atoms with E-state index in [9.17, 15) is 0 Å². The summed E-state index contributed by atoms with van der Waals surface area (Å²) in [6.45, 7) is 1.96. The van der Waals surface area contributed by atoms with Gasteiger partial charge in [-0.1, -0.05) is 18.5 Å². The van der Waals surface area contributed by atoms with Gasteiger partial charge in [0, 0.05) is 24.9 Å². The lowest BCUT2D eigenvalue weighted by molar-refractivity contribution is 0.397. The number of hydrogen-bond acceptors (Lipinski definition) is 5. The highest BCUT2D eigenvalue weighted by Gasteiger charge is 2.11. The fraction of sp³-hybridized carbons (Fsp3) is 0.273. The number of hydrogen-bond donors (Lipinski definition) is 0. The second-order valence-electron chi connectivity index (χ2n) is 3.26. The average Bonchev–Trinajstić information content (AvgIpc) is 2.37. The molecule has 5 nitrogen and oxygen atoms in total. The molecule has 0 aliphatic carbocycles. The van der Waals surface area contributed by atoms with Crippen molar-refractivity contribution in [1.82, 2.24) is 19.9 Å². The molecule has 0 fully saturated rings. The van der Waals surface area contributed by atoms with Crippen LogP contribution in [0.15, 0.2) is 18.5 Å². The fourth-order valence-electron chi connectivity index (χ4n) is 1.39. The van der Waals surface area contributed by atoms with E-state index in [1.54, 1.807) is 18.5 Å². The first kappa shape index (κ1) is 11.7. The van der Waals surface area contributed by atoms with Crippen LogP contribution in [0.25, 0.3) is 11.4 Å². The highest BCUT2D eigenvalue weighted by molar-refractivity contribution is 6.29. The summed E-state index contributed by atoms with van der Waals surface area (Å²) in [5.41, 5.74) is 1.18. The normalized spacial score (nSPS) is 10.3. The molecular weight excluding hydrogens is 240 g/mol. The molecule has 2 rings (SSSR count). The third-order valence-electron chi connectivity index (χ3n) is 2.16. The third-order valence-corrected chi connectivity index (χ3v) is 2.35. The van der Waals surface area contributed by atoms with E-state index in [1.165, 1.54) is 7.11 Å². The van der Waals surface area contributed by atoms with E-state index in [0.717, 1.165) is 0 Å². The van der Waals surface area contributed by atoms with E-state index in [4.69, 9.17) is 16.3 Å². The van der Waals surface area contributed by atoms with Gasteiger partial charge in [0.25, 0.3) is 0 Å². The van der Waals surface area contributed by atoms with Crippen LogP contribution in [-0.2, 0) is 6.42 Å². The van der Waals surface area contributed by atoms with Gasteiger partial charge in [-0.3, -0.25) is 0 Å². The molecule has 0 bridgehead atoms. The lowest BCUT2D eigenvalue weighted by atomic mass is 10.3. The molecule has 0 amide bonds. The van der Waals surface area contributed by atoms with Crippen molar-refractivity contribution in [1.29, 1.82) is 0 Å². The Bertz CT molecular complexity index is 533. The van der Waals surface area contributed by atoms with Gasteiger partial charge >= 0.3 is 0 Å². The number of rotatable bonds is 3. The Morgan fingerprint density at radius 2 is 2.00 bits per heavy atom. The first-order valence-electron chi connectivity index (χ1n) is 5.13. The molecule has 0 spiro atoms. The van der Waals surface area contributed by atoms with Gasteiger partial charge in [0.2, 0.25) is 5.88 Å². The molecule has 2 aromatic heterocycles. The van der Waals surface area contributed by atoms with Gasteiger partial charge in [0.05, 0.1) is 12.8 Å². The molecule has 0 aliphatic heterocycles. The van der Waals surface area contributed by atoms with Gasteiger partial charge in [0.15, 0.2) is 5.69 Å². The molecule has 0 saturated carbocycles. The van der Waals surface area contributed by atoms with Crippen LogP contribution in [0.4, 0.5) is 0 Å². The number of aryl methyl sites for hydroxylation is 1. The van der Waals surface area contributed by atoms with Crippen LogP contribution < -0.4 is 4.74 Å². The molecule has 2 heterocycles. The Balaban J connectivity index is 2.55. The predicted octanol–water partition coefficient (Wildman–Crippen LogP) is 2.16. The van der Waals surface area contributed by atoms with Gasteiger partial charge in [-0.2, -0.15) is 0 Å². The van der Waals surface area contributed by atoms with Crippen LogP contribution in [-0.4, -0.2) is 27.0 Å². The smallest absolute Gasteiger partial charge is 0.241 e. The first-order valence-corrected chi connectivity index (χ1v) is 5.51. The second-order valence-corrected chi connectivity index (χ2v) is 3.65. The van der Waals surface area contributed by atoms with Gasteiger partial charge in [-0.25, -0.2) is 19.9 Å². The van der Waals surface area contributed by atoms with Crippen molar-refractivity contribution in [3.05, 3.63) is 29.4 Å². The number of aromatic nitrogens is 4. The molecule has 0 atom stereocenters. The maximum absolute atomic E-state index is 5.93. The van der Waals surface area contributed by atoms with Crippen LogP contribution in [0.5, 0.6) is 5.88 Å². The Morgan fingerprint density at radius 1 is 1.24 bits per heavy atom. The zero-order chi connectivity index (χ0) is 12.3. The summed E-state index contributed by atoms with van der Waals surface area (Å²) in [4.78, 5) is 16.7. The summed E-state index contributed by atoms with van der Waals surface area (Å²) >= 11 is 5.93. The number of ether oxygens (including phenoxy) is 1. The highest BCUT2D eigenvalue weighted by Crippen LogP contribution is 2.24. The fourth-order valence-corrected chi connectivity index (χ4v) is 1.60. The Labute approximate surface area is 104 Å². The van der Waals surface area contributed by atoms with Crippen molar-refractivity contribution in [2.45, 2.75) is 13.3 Å². The number of halogens is 1. The van der Waals surface area contributed by atoms with Crippen molar-refractivity contribution in [3.63, 3.8) is 0 Å². The molecule has 17 heavy (non-hydrogen) atoms. The van der Waals surface area contributed by atoms with Crippen molar-refractivity contribution in [3.8, 4) is 17.3 Å².